The third-order valence-corrected chi connectivity index (χ3v) is 4.65. The molecule has 26 heavy (non-hydrogen) atoms. The summed E-state index contributed by atoms with van der Waals surface area (Å²) in [5.74, 6) is 0.500. The lowest BCUT2D eigenvalue weighted by atomic mass is 9.95. The molecule has 0 aliphatic carbocycles. The number of hydrogen-bond donors (Lipinski definition) is 1. The van der Waals surface area contributed by atoms with Crippen LogP contribution in [-0.2, 0) is 4.79 Å². The van der Waals surface area contributed by atoms with Gasteiger partial charge < -0.3 is 10.1 Å². The Morgan fingerprint density at radius 1 is 0.962 bits per heavy atom. The highest BCUT2D eigenvalue weighted by Gasteiger charge is 2.18. The van der Waals surface area contributed by atoms with E-state index in [9.17, 15) is 4.79 Å². The Morgan fingerprint density at radius 3 is 2.31 bits per heavy atom. The van der Waals surface area contributed by atoms with Crippen LogP contribution in [0.3, 0.4) is 0 Å². The zero-order valence-corrected chi connectivity index (χ0v) is 16.1. The molecule has 3 rings (SSSR count). The minimum absolute atomic E-state index is 0.0309. The third-order valence-electron chi connectivity index (χ3n) is 4.12. The van der Waals surface area contributed by atoms with E-state index in [0.717, 1.165) is 21.2 Å². The number of carbonyl (C=O) groups excluding carboxylic acids is 1. The van der Waals surface area contributed by atoms with Crippen molar-refractivity contribution in [2.24, 2.45) is 0 Å². The molecule has 0 saturated heterocycles. The van der Waals surface area contributed by atoms with Crippen molar-refractivity contribution in [2.75, 3.05) is 6.61 Å². The summed E-state index contributed by atoms with van der Waals surface area (Å²) in [5.41, 5.74) is 3.25. The van der Waals surface area contributed by atoms with Crippen LogP contribution in [0, 0.1) is 6.92 Å². The second-order valence-electron chi connectivity index (χ2n) is 6.01. The number of halogens is 1. The van der Waals surface area contributed by atoms with Gasteiger partial charge in [-0.1, -0.05) is 70.5 Å². The zero-order valence-electron chi connectivity index (χ0n) is 14.5. The van der Waals surface area contributed by atoms with Gasteiger partial charge in [-0.25, -0.2) is 0 Å². The van der Waals surface area contributed by atoms with Crippen LogP contribution in [0.4, 0.5) is 0 Å². The number of hydrogen-bond acceptors (Lipinski definition) is 2. The van der Waals surface area contributed by atoms with Gasteiger partial charge in [-0.15, -0.1) is 0 Å². The van der Waals surface area contributed by atoms with Crippen molar-refractivity contribution in [1.29, 1.82) is 0 Å². The lowest BCUT2D eigenvalue weighted by Gasteiger charge is -2.21. The van der Waals surface area contributed by atoms with Gasteiger partial charge in [0, 0.05) is 4.47 Å². The lowest BCUT2D eigenvalue weighted by molar-refractivity contribution is -0.123. The fourth-order valence-electron chi connectivity index (χ4n) is 2.78. The predicted octanol–water partition coefficient (Wildman–Crippen LogP) is 5.04. The van der Waals surface area contributed by atoms with Crippen LogP contribution in [0.25, 0.3) is 0 Å². The quantitative estimate of drug-likeness (QED) is 0.618. The Balaban J connectivity index is 1.74. The van der Waals surface area contributed by atoms with Gasteiger partial charge in [0.15, 0.2) is 6.61 Å². The Hall–Kier alpha value is -2.59. The SMILES string of the molecule is Cc1ccccc1[C@@H](NC(=O)COc1ccc(Br)cc1)c1ccccc1. The average Bonchev–Trinajstić information content (AvgIpc) is 2.67. The zero-order chi connectivity index (χ0) is 18.4. The van der Waals surface area contributed by atoms with Crippen LogP contribution in [0.5, 0.6) is 5.75 Å². The molecule has 0 heterocycles. The lowest BCUT2D eigenvalue weighted by Crippen LogP contribution is -2.33. The first-order chi connectivity index (χ1) is 12.6. The van der Waals surface area contributed by atoms with Gasteiger partial charge in [0.25, 0.3) is 5.91 Å². The summed E-state index contributed by atoms with van der Waals surface area (Å²) in [7, 11) is 0. The maximum atomic E-state index is 12.5. The molecule has 1 atom stereocenters. The number of benzene rings is 3. The van der Waals surface area contributed by atoms with Gasteiger partial charge in [-0.05, 0) is 47.9 Å². The van der Waals surface area contributed by atoms with E-state index in [0.29, 0.717) is 5.75 Å². The highest BCUT2D eigenvalue weighted by molar-refractivity contribution is 9.10. The Kier molecular flexibility index (Phi) is 6.08. The van der Waals surface area contributed by atoms with E-state index in [1.54, 1.807) is 0 Å². The molecule has 0 saturated carbocycles. The molecule has 0 aliphatic heterocycles. The second kappa shape index (κ2) is 8.68. The average molecular weight is 410 g/mol. The number of aryl methyl sites for hydroxylation is 1. The van der Waals surface area contributed by atoms with Gasteiger partial charge in [0.05, 0.1) is 6.04 Å². The summed E-state index contributed by atoms with van der Waals surface area (Å²) in [5, 5.41) is 3.10. The number of carbonyl (C=O) groups is 1. The van der Waals surface area contributed by atoms with Gasteiger partial charge in [0.1, 0.15) is 5.75 Å². The number of ether oxygens (including phenoxy) is 1. The monoisotopic (exact) mass is 409 g/mol. The molecule has 4 heteroatoms. The molecule has 0 bridgehead atoms. The summed E-state index contributed by atoms with van der Waals surface area (Å²) in [6.45, 7) is 2.02. The normalized spacial score (nSPS) is 11.6. The highest BCUT2D eigenvalue weighted by Crippen LogP contribution is 2.24. The topological polar surface area (TPSA) is 38.3 Å². The van der Waals surface area contributed by atoms with Crippen LogP contribution in [0.15, 0.2) is 83.3 Å². The summed E-state index contributed by atoms with van der Waals surface area (Å²) in [4.78, 5) is 12.5. The van der Waals surface area contributed by atoms with E-state index in [1.807, 2.05) is 72.8 Å². The molecular weight excluding hydrogens is 390 g/mol. The number of rotatable bonds is 6. The van der Waals surface area contributed by atoms with Gasteiger partial charge in [0.2, 0.25) is 0 Å². The standard InChI is InChI=1S/C22H20BrNO2/c1-16-7-5-6-10-20(16)22(17-8-3-2-4-9-17)24-21(25)15-26-19-13-11-18(23)12-14-19/h2-14,22H,15H2,1H3,(H,24,25)/t22-/m0/s1. The predicted molar refractivity (Wildman–Crippen MR) is 107 cm³/mol. The Labute approximate surface area is 162 Å². The van der Waals surface area contributed by atoms with Crippen LogP contribution in [0.1, 0.15) is 22.7 Å². The van der Waals surface area contributed by atoms with Crippen LogP contribution in [0.2, 0.25) is 0 Å². The van der Waals surface area contributed by atoms with Crippen LogP contribution in [-0.4, -0.2) is 12.5 Å². The van der Waals surface area contributed by atoms with Crippen LogP contribution >= 0.6 is 15.9 Å². The van der Waals surface area contributed by atoms with Gasteiger partial charge >= 0.3 is 0 Å². The molecular formula is C22H20BrNO2. The first-order valence-electron chi connectivity index (χ1n) is 8.41. The maximum absolute atomic E-state index is 12.5. The summed E-state index contributed by atoms with van der Waals surface area (Å²) < 4.78 is 6.56. The van der Waals surface area contributed by atoms with Crippen LogP contribution < -0.4 is 10.1 Å². The smallest absolute Gasteiger partial charge is 0.258 e. The van der Waals surface area contributed by atoms with Gasteiger partial charge in [-0.3, -0.25) is 4.79 Å². The van der Waals surface area contributed by atoms with Crippen molar-refractivity contribution in [3.05, 3.63) is 100 Å². The molecule has 0 aliphatic rings. The maximum Gasteiger partial charge on any atom is 0.258 e. The number of nitrogens with one attached hydrogen (secondary N) is 1. The second-order valence-corrected chi connectivity index (χ2v) is 6.93. The van der Waals surface area contributed by atoms with E-state index >= 15 is 0 Å². The molecule has 3 aromatic carbocycles. The molecule has 0 unspecified atom stereocenters. The minimum atomic E-state index is -0.210. The van der Waals surface area contributed by atoms with Gasteiger partial charge in [-0.2, -0.15) is 0 Å². The van der Waals surface area contributed by atoms with Crippen molar-refractivity contribution in [2.45, 2.75) is 13.0 Å². The number of amides is 1. The van der Waals surface area contributed by atoms with E-state index in [4.69, 9.17) is 4.74 Å². The van der Waals surface area contributed by atoms with Crippen molar-refractivity contribution in [3.8, 4) is 5.75 Å². The van der Waals surface area contributed by atoms with E-state index in [2.05, 4.69) is 34.2 Å². The van der Waals surface area contributed by atoms with E-state index < -0.39 is 0 Å². The summed E-state index contributed by atoms with van der Waals surface area (Å²) >= 11 is 3.38. The molecule has 0 aromatic heterocycles. The molecule has 0 spiro atoms. The molecule has 132 valence electrons. The van der Waals surface area contributed by atoms with Crippen molar-refractivity contribution >= 4 is 21.8 Å². The summed E-state index contributed by atoms with van der Waals surface area (Å²) in [6, 6.07) is 25.3. The third kappa shape index (κ3) is 4.73. The molecule has 0 radical (unpaired) electrons. The van der Waals surface area contributed by atoms with Crippen molar-refractivity contribution < 1.29 is 9.53 Å². The first-order valence-corrected chi connectivity index (χ1v) is 9.21. The molecule has 0 fully saturated rings. The molecule has 1 N–H and O–H groups in total. The molecule has 3 nitrogen and oxygen atoms in total. The largest absolute Gasteiger partial charge is 0.484 e. The molecule has 1 amide bonds. The van der Waals surface area contributed by atoms with Crippen molar-refractivity contribution in [3.63, 3.8) is 0 Å². The highest BCUT2D eigenvalue weighted by atomic mass is 79.9. The fourth-order valence-corrected chi connectivity index (χ4v) is 3.04. The minimum Gasteiger partial charge on any atom is -0.484 e. The van der Waals surface area contributed by atoms with E-state index in [-0.39, 0.29) is 18.6 Å². The summed E-state index contributed by atoms with van der Waals surface area (Å²) in [6.07, 6.45) is 0. The Morgan fingerprint density at radius 2 is 1.62 bits per heavy atom. The molecule has 3 aromatic rings. The first kappa shape index (κ1) is 18.2. The van der Waals surface area contributed by atoms with Crippen molar-refractivity contribution in [1.82, 2.24) is 5.32 Å². The van der Waals surface area contributed by atoms with E-state index in [1.165, 1.54) is 0 Å². The fraction of sp³-hybridized carbons (Fsp3) is 0.136. The Bertz CT molecular complexity index is 863.